The van der Waals surface area contributed by atoms with Gasteiger partial charge in [0, 0.05) is 117 Å². The topological polar surface area (TPSA) is 152 Å². The predicted molar refractivity (Wildman–Crippen MR) is 374 cm³/mol. The van der Waals surface area contributed by atoms with Crippen LogP contribution < -0.4 is 54.9 Å². The van der Waals surface area contributed by atoms with Crippen molar-refractivity contribution in [2.75, 3.05) is 177 Å². The van der Waals surface area contributed by atoms with Crippen molar-refractivity contribution >= 4 is 110 Å². The van der Waals surface area contributed by atoms with E-state index in [1.54, 1.807) is 0 Å². The van der Waals surface area contributed by atoms with Crippen LogP contribution in [0.25, 0.3) is 17.0 Å². The third kappa shape index (κ3) is 21.3. The van der Waals surface area contributed by atoms with Crippen molar-refractivity contribution in [2.24, 2.45) is 0 Å². The van der Waals surface area contributed by atoms with Crippen LogP contribution in [0.3, 0.4) is 0 Å². The van der Waals surface area contributed by atoms with Crippen LogP contribution in [0.5, 0.6) is 11.5 Å². The first-order chi connectivity index (χ1) is 44.0. The fourth-order valence-corrected chi connectivity index (χ4v) is 13.6. The molecule has 21 heteroatoms. The molecule has 0 spiro atoms. The minimum Gasteiger partial charge on any atom is -0.484 e. The molecule has 2 aliphatic heterocycles. The third-order valence-electron chi connectivity index (χ3n) is 16.3. The Bertz CT molecular complexity index is 3230. The first kappa shape index (κ1) is 69.9. The molecule has 6 aromatic rings. The van der Waals surface area contributed by atoms with Gasteiger partial charge in [0.25, 0.3) is 29.4 Å². The zero-order chi connectivity index (χ0) is 64.6. The molecule has 17 nitrogen and oxygen atoms in total. The molecule has 0 saturated heterocycles. The largest absolute Gasteiger partial charge is 0.484 e. The lowest BCUT2D eigenvalue weighted by molar-refractivity contribution is -0.882. The van der Waals surface area contributed by atoms with Crippen LogP contribution in [-0.2, 0) is 32.1 Å². The Kier molecular flexibility index (Phi) is 27.1. The van der Waals surface area contributed by atoms with Crippen molar-refractivity contribution in [2.45, 2.75) is 50.5 Å². The number of alkyl halides is 3. The van der Waals surface area contributed by atoms with Crippen LogP contribution in [0.4, 0.5) is 22.9 Å². The van der Waals surface area contributed by atoms with Crippen LogP contribution in [0.15, 0.2) is 137 Å². The van der Waals surface area contributed by atoms with E-state index in [0.717, 1.165) is 93.1 Å². The summed E-state index contributed by atoms with van der Waals surface area (Å²) in [5.74, 6) is 3.04. The van der Waals surface area contributed by atoms with Crippen molar-refractivity contribution in [3.63, 3.8) is 0 Å². The van der Waals surface area contributed by atoms with Gasteiger partial charge in [-0.2, -0.15) is 0 Å². The fourth-order valence-electron chi connectivity index (χ4n) is 11.8. The van der Waals surface area contributed by atoms with E-state index in [1.807, 2.05) is 60.3 Å². The number of halogens is 3. The summed E-state index contributed by atoms with van der Waals surface area (Å²) in [5, 5.41) is 14.2. The summed E-state index contributed by atoms with van der Waals surface area (Å²) in [5.41, 5.74) is 8.26. The van der Waals surface area contributed by atoms with Crippen LogP contribution in [0.2, 0.25) is 0 Å². The highest BCUT2D eigenvalue weighted by Gasteiger charge is 2.32. The second-order valence-electron chi connectivity index (χ2n) is 24.5. The van der Waals surface area contributed by atoms with Gasteiger partial charge in [-0.15, -0.1) is 34.8 Å². The Morgan fingerprint density at radius 1 is 0.604 bits per heavy atom. The number of hydrogen-bond donors (Lipinski definition) is 4. The van der Waals surface area contributed by atoms with Gasteiger partial charge in [-0.25, -0.2) is 4.57 Å². The van der Waals surface area contributed by atoms with Gasteiger partial charge in [0.05, 0.1) is 65.1 Å². The maximum atomic E-state index is 13.5. The van der Waals surface area contributed by atoms with Gasteiger partial charge in [-0.1, -0.05) is 79.3 Å². The molecule has 0 unspecified atom stereocenters. The van der Waals surface area contributed by atoms with Crippen molar-refractivity contribution in [3.8, 4) is 11.5 Å². The molecule has 0 saturated carbocycles. The average Bonchev–Trinajstić information content (AvgIpc) is 1.77. The molecule has 0 atom stereocenters. The minimum atomic E-state index is -0.282. The minimum absolute atomic E-state index is 0.0917. The number of aryl methyl sites for hydroxylation is 1. The monoisotopic (exact) mass is 1320 g/mol. The van der Waals surface area contributed by atoms with Crippen molar-refractivity contribution < 1.29 is 42.2 Å². The molecular formula is C70H93Cl3N11O6S+3. The summed E-state index contributed by atoms with van der Waals surface area (Å²) in [7, 11) is 8.35. The molecule has 8 rings (SSSR count). The Balaban J connectivity index is 0.905. The second kappa shape index (κ2) is 35.2. The Labute approximate surface area is 558 Å². The highest BCUT2D eigenvalue weighted by Crippen LogP contribution is 2.50. The van der Waals surface area contributed by atoms with Gasteiger partial charge in [0.1, 0.15) is 23.6 Å². The maximum Gasteiger partial charge on any atom is 0.277 e. The van der Waals surface area contributed by atoms with Crippen molar-refractivity contribution in [3.05, 3.63) is 149 Å². The summed E-state index contributed by atoms with van der Waals surface area (Å²) in [6.07, 6.45) is 7.17. The van der Waals surface area contributed by atoms with E-state index in [2.05, 4.69) is 165 Å². The second-order valence-corrected chi connectivity index (χ2v) is 26.7. The number of carbonyl (C=O) groups is 4. The Morgan fingerprint density at radius 3 is 1.66 bits per heavy atom. The molecule has 0 fully saturated rings. The van der Waals surface area contributed by atoms with E-state index in [0.29, 0.717) is 77.4 Å². The standard InChI is InChI=1S/C70H90Cl3N11O6S/c1-6-38-78(42-31-71)57-23-27-59(28-24-57)89-52-66(87)76-36-34-74-64(85)50-83(2,3)45-14-39-80(40-15-46-84(4,5)51-65(86)75-35-37-77-67(88)53-90-60-29-25-58(26-30-60)79(43-32-72)44-33-73)68-47-56(48-69-81-41-13-19-55-18-12-22-63(91-69)70(55)81)61-20-10-11-21-62(61)82(68)49-54-16-8-7-9-17-54/h7-12,16-18,20-30,47-48H,6,13-15,19,31-46,49-53H2,1-5H3,(H-3,74,75,76,77,85,86,87,88)/p+3. The van der Waals surface area contributed by atoms with E-state index in [-0.39, 0.29) is 69.6 Å². The van der Waals surface area contributed by atoms with Crippen LogP contribution >= 0.6 is 46.6 Å². The third-order valence-corrected chi connectivity index (χ3v) is 17.9. The zero-order valence-corrected chi connectivity index (χ0v) is 56.8. The van der Waals surface area contributed by atoms with E-state index < -0.39 is 0 Å². The highest BCUT2D eigenvalue weighted by atomic mass is 35.5. The molecule has 91 heavy (non-hydrogen) atoms. The van der Waals surface area contributed by atoms with Gasteiger partial charge in [-0.3, -0.25) is 24.1 Å². The number of likely N-dealkylation sites (N-methyl/N-ethyl adjacent to an activating group) is 2. The molecule has 2 aliphatic rings. The summed E-state index contributed by atoms with van der Waals surface area (Å²) in [6.45, 7) is 11.0. The molecule has 0 radical (unpaired) electrons. The Hall–Kier alpha value is -6.93. The molecule has 0 aliphatic carbocycles. The number of carbonyl (C=O) groups excluding carboxylic acids is 4. The summed E-state index contributed by atoms with van der Waals surface area (Å²) in [4.78, 5) is 63.2. The number of rotatable bonds is 38. The van der Waals surface area contributed by atoms with Gasteiger partial charge >= 0.3 is 0 Å². The fraction of sp³-hybridized carbons (Fsp3) is 0.443. The van der Waals surface area contributed by atoms with E-state index in [4.69, 9.17) is 44.3 Å². The molecular weight excluding hydrogens is 1230 g/mol. The zero-order valence-electron chi connectivity index (χ0n) is 53.7. The number of hydrogen-bond acceptors (Lipinski definition) is 11. The van der Waals surface area contributed by atoms with Crippen LogP contribution in [0, 0.1) is 0 Å². The van der Waals surface area contributed by atoms with Crippen LogP contribution in [0.1, 0.15) is 49.3 Å². The SMILES string of the molecule is CCCN(CCCl)c1ccc(OCC(=O)NCCNC(=O)C[N+](C)(C)CCCN(CCC[N+](C)(C)CC(=O)NCCNC(=O)COc2ccc(N(CCCl)CCCl)cc2)c2cc(C=C3Sc4cccc5c4N3CCC5)c3ccccc3[n+]2Cc2ccccc2)cc1. The predicted octanol–water partition coefficient (Wildman–Crippen LogP) is 9.13. The molecule has 488 valence electrons. The van der Waals surface area contributed by atoms with Gasteiger partial charge in [0.2, 0.25) is 0 Å². The molecule has 4 N–H and O–H groups in total. The van der Waals surface area contributed by atoms with Gasteiger partial charge < -0.3 is 54.4 Å². The normalized spacial score (nSPS) is 13.2. The summed E-state index contributed by atoms with van der Waals surface area (Å²) < 4.78 is 14.9. The molecule has 1 aromatic heterocycles. The number of pyridine rings is 1. The lowest BCUT2D eigenvalue weighted by Crippen LogP contribution is -2.51. The molecule has 0 bridgehead atoms. The summed E-state index contributed by atoms with van der Waals surface area (Å²) >= 11 is 19.8. The number of benzene rings is 5. The van der Waals surface area contributed by atoms with Gasteiger partial charge in [-0.05, 0) is 103 Å². The first-order valence-corrected chi connectivity index (χ1v) is 34.4. The molecule has 4 amide bonds. The number of fused-ring (bicyclic) bond motifs is 1. The quantitative estimate of drug-likeness (QED) is 0.0127. The number of quaternary nitrogens is 2. The van der Waals surface area contributed by atoms with Crippen molar-refractivity contribution in [1.82, 2.24) is 21.3 Å². The van der Waals surface area contributed by atoms with Crippen molar-refractivity contribution in [1.29, 1.82) is 0 Å². The average molecular weight is 1320 g/mol. The summed E-state index contributed by atoms with van der Waals surface area (Å²) in [6, 6.07) is 43.6. The lowest BCUT2D eigenvalue weighted by atomic mass is 10.0. The van der Waals surface area contributed by atoms with Crippen LogP contribution in [-0.4, -0.2) is 190 Å². The number of ether oxygens (including phenoxy) is 2. The number of amides is 4. The number of nitrogens with one attached hydrogen (secondary N) is 4. The first-order valence-electron chi connectivity index (χ1n) is 31.9. The van der Waals surface area contributed by atoms with Gasteiger partial charge in [0.15, 0.2) is 26.3 Å². The maximum absolute atomic E-state index is 13.5. The number of anilines is 4. The van der Waals surface area contributed by atoms with E-state index in [1.165, 1.54) is 32.1 Å². The highest BCUT2D eigenvalue weighted by molar-refractivity contribution is 8.03. The van der Waals surface area contributed by atoms with E-state index in [9.17, 15) is 19.2 Å². The Morgan fingerprint density at radius 2 is 1.12 bits per heavy atom. The number of aromatic nitrogens is 1. The number of para-hydroxylation sites is 2. The smallest absolute Gasteiger partial charge is 0.277 e. The van der Waals surface area contributed by atoms with E-state index >= 15 is 0 Å². The molecule has 3 heterocycles. The number of nitrogens with zero attached hydrogens (tertiary/aromatic N) is 7. The number of thioether (sulfide) groups is 1. The lowest BCUT2D eigenvalue weighted by Gasteiger charge is -2.31. The molecule has 5 aromatic carbocycles.